The van der Waals surface area contributed by atoms with E-state index in [1.165, 1.54) is 0 Å². The van der Waals surface area contributed by atoms with Gasteiger partial charge >= 0.3 is 0 Å². The first-order valence-electron chi connectivity index (χ1n) is 5.92. The van der Waals surface area contributed by atoms with Crippen LogP contribution in [0.25, 0.3) is 0 Å². The number of hydrogen-bond acceptors (Lipinski definition) is 2. The van der Waals surface area contributed by atoms with Gasteiger partial charge in [-0.25, -0.2) is 0 Å². The Balaban J connectivity index is 1.96. The monoisotopic (exact) mass is 234 g/mol. The number of hydrogen-bond donors (Lipinski definition) is 1. The molecular formula is C13H18N2O2. The lowest BCUT2D eigenvalue weighted by atomic mass is 9.81. The summed E-state index contributed by atoms with van der Waals surface area (Å²) in [5.41, 5.74) is 0.621. The van der Waals surface area contributed by atoms with Gasteiger partial charge in [-0.2, -0.15) is 0 Å². The minimum atomic E-state index is -0.275. The second-order valence-corrected chi connectivity index (χ2v) is 5.24. The van der Waals surface area contributed by atoms with Crippen LogP contribution in [0.15, 0.2) is 18.3 Å². The predicted octanol–water partition coefficient (Wildman–Crippen LogP) is 1.38. The van der Waals surface area contributed by atoms with Crippen molar-refractivity contribution >= 4 is 11.7 Å². The molecule has 2 heterocycles. The fourth-order valence-electron chi connectivity index (χ4n) is 1.99. The Hall–Kier alpha value is -1.58. The van der Waals surface area contributed by atoms with Gasteiger partial charge in [-0.3, -0.25) is 9.59 Å². The van der Waals surface area contributed by atoms with Crippen molar-refractivity contribution in [3.63, 3.8) is 0 Å². The van der Waals surface area contributed by atoms with Crippen LogP contribution in [0, 0.1) is 5.41 Å². The highest BCUT2D eigenvalue weighted by atomic mass is 16.2. The molecule has 1 aliphatic rings. The smallest absolute Gasteiger partial charge is 0.228 e. The average Bonchev–Trinajstić information content (AvgIpc) is 2.74. The molecule has 2 rings (SSSR count). The van der Waals surface area contributed by atoms with Crippen LogP contribution in [0.5, 0.6) is 0 Å². The van der Waals surface area contributed by atoms with E-state index in [0.29, 0.717) is 13.0 Å². The third-order valence-electron chi connectivity index (χ3n) is 3.45. The van der Waals surface area contributed by atoms with Crippen LogP contribution < -0.4 is 0 Å². The second kappa shape index (κ2) is 4.35. The van der Waals surface area contributed by atoms with E-state index in [4.69, 9.17) is 0 Å². The molecule has 1 fully saturated rings. The van der Waals surface area contributed by atoms with Gasteiger partial charge in [-0.15, -0.1) is 0 Å². The van der Waals surface area contributed by atoms with Gasteiger partial charge in [0.05, 0.1) is 13.0 Å². The zero-order chi connectivity index (χ0) is 12.5. The molecule has 0 aromatic carbocycles. The summed E-state index contributed by atoms with van der Waals surface area (Å²) in [6.45, 7) is 4.83. The molecule has 1 aromatic heterocycles. The number of carbonyl (C=O) groups excluding carboxylic acids is 2. The van der Waals surface area contributed by atoms with E-state index in [0.717, 1.165) is 12.1 Å². The highest BCUT2D eigenvalue weighted by Crippen LogP contribution is 2.26. The largest absolute Gasteiger partial charge is 0.365 e. The number of carbonyl (C=O) groups is 2. The van der Waals surface area contributed by atoms with Crippen LogP contribution >= 0.6 is 0 Å². The van der Waals surface area contributed by atoms with Gasteiger partial charge in [0.25, 0.3) is 0 Å². The van der Waals surface area contributed by atoms with Gasteiger partial charge in [0, 0.05) is 23.9 Å². The Kier molecular flexibility index (Phi) is 3.05. The molecule has 1 aromatic rings. The lowest BCUT2D eigenvalue weighted by Crippen LogP contribution is -2.48. The van der Waals surface area contributed by atoms with E-state index >= 15 is 0 Å². The highest BCUT2D eigenvalue weighted by molar-refractivity contribution is 5.91. The number of Topliss-reactive ketones (excluding diaryl/α,β-unsaturated/α-hetero) is 1. The van der Waals surface area contributed by atoms with Gasteiger partial charge in [0.15, 0.2) is 5.78 Å². The first-order valence-corrected chi connectivity index (χ1v) is 5.92. The Morgan fingerprint density at radius 3 is 2.88 bits per heavy atom. The normalized spacial score (nSPS) is 19.4. The van der Waals surface area contributed by atoms with Gasteiger partial charge in [-0.05, 0) is 18.6 Å². The van der Waals surface area contributed by atoms with Crippen molar-refractivity contribution < 1.29 is 9.59 Å². The fraction of sp³-hybridized carbons (Fsp3) is 0.538. The van der Waals surface area contributed by atoms with Crippen molar-refractivity contribution in [2.24, 2.45) is 5.41 Å². The SMILES string of the molecule is CC1(C)CCN(C(=O)Cc2ccc[nH]2)CC1=O. The average molecular weight is 234 g/mol. The number of nitrogens with zero attached hydrogens (tertiary/aromatic N) is 1. The molecule has 1 saturated heterocycles. The molecule has 0 atom stereocenters. The van der Waals surface area contributed by atoms with Crippen molar-refractivity contribution in [1.82, 2.24) is 9.88 Å². The maximum atomic E-state index is 12.0. The molecule has 1 amide bonds. The van der Waals surface area contributed by atoms with Crippen molar-refractivity contribution in [3.05, 3.63) is 24.0 Å². The zero-order valence-electron chi connectivity index (χ0n) is 10.3. The third kappa shape index (κ3) is 2.57. The Morgan fingerprint density at radius 2 is 2.29 bits per heavy atom. The molecule has 1 N–H and O–H groups in total. The molecule has 0 saturated carbocycles. The second-order valence-electron chi connectivity index (χ2n) is 5.24. The molecule has 1 aliphatic heterocycles. The molecule has 0 spiro atoms. The Labute approximate surface area is 101 Å². The summed E-state index contributed by atoms with van der Waals surface area (Å²) in [6, 6.07) is 3.75. The lowest BCUT2D eigenvalue weighted by molar-refractivity contribution is -0.142. The van der Waals surface area contributed by atoms with Gasteiger partial charge < -0.3 is 9.88 Å². The standard InChI is InChI=1S/C13H18N2O2/c1-13(2)5-7-15(9-11(13)16)12(17)8-10-4-3-6-14-10/h3-4,6,14H,5,7-9H2,1-2H3. The summed E-state index contributed by atoms with van der Waals surface area (Å²) in [5.74, 6) is 0.180. The van der Waals surface area contributed by atoms with Crippen molar-refractivity contribution in [3.8, 4) is 0 Å². The highest BCUT2D eigenvalue weighted by Gasteiger charge is 2.35. The quantitative estimate of drug-likeness (QED) is 0.840. The van der Waals surface area contributed by atoms with Crippen LogP contribution in [-0.4, -0.2) is 34.7 Å². The van der Waals surface area contributed by atoms with Crippen LogP contribution in [0.1, 0.15) is 26.0 Å². The molecule has 4 nitrogen and oxygen atoms in total. The molecule has 4 heteroatoms. The lowest BCUT2D eigenvalue weighted by Gasteiger charge is -2.35. The number of nitrogens with one attached hydrogen (secondary N) is 1. The van der Waals surface area contributed by atoms with Crippen LogP contribution in [0.2, 0.25) is 0 Å². The first-order chi connectivity index (χ1) is 7.99. The molecule has 0 aliphatic carbocycles. The van der Waals surface area contributed by atoms with E-state index in [1.54, 1.807) is 11.1 Å². The van der Waals surface area contributed by atoms with E-state index in [-0.39, 0.29) is 23.7 Å². The van der Waals surface area contributed by atoms with Gasteiger partial charge in [-0.1, -0.05) is 13.8 Å². The number of likely N-dealkylation sites (tertiary alicyclic amines) is 1. The number of aromatic amines is 1. The summed E-state index contributed by atoms with van der Waals surface area (Å²) < 4.78 is 0. The van der Waals surface area contributed by atoms with E-state index in [9.17, 15) is 9.59 Å². The van der Waals surface area contributed by atoms with Crippen LogP contribution in [0.4, 0.5) is 0 Å². The third-order valence-corrected chi connectivity index (χ3v) is 3.45. The molecule has 17 heavy (non-hydrogen) atoms. The fourth-order valence-corrected chi connectivity index (χ4v) is 1.99. The number of ketones is 1. The Morgan fingerprint density at radius 1 is 1.53 bits per heavy atom. The predicted molar refractivity (Wildman–Crippen MR) is 64.5 cm³/mol. The molecule has 0 unspecified atom stereocenters. The van der Waals surface area contributed by atoms with E-state index in [1.807, 2.05) is 26.0 Å². The molecule has 0 radical (unpaired) electrons. The summed E-state index contributed by atoms with van der Waals surface area (Å²) in [7, 11) is 0. The maximum absolute atomic E-state index is 12.0. The minimum Gasteiger partial charge on any atom is -0.365 e. The number of amides is 1. The first kappa shape index (κ1) is 11.9. The maximum Gasteiger partial charge on any atom is 0.228 e. The van der Waals surface area contributed by atoms with Crippen molar-refractivity contribution in [2.75, 3.05) is 13.1 Å². The molecule has 92 valence electrons. The summed E-state index contributed by atoms with van der Waals surface area (Å²) >= 11 is 0. The summed E-state index contributed by atoms with van der Waals surface area (Å²) in [5, 5.41) is 0. The summed E-state index contributed by atoms with van der Waals surface area (Å²) in [4.78, 5) is 28.5. The Bertz CT molecular complexity index is 421. The topological polar surface area (TPSA) is 53.2 Å². The van der Waals surface area contributed by atoms with Crippen LogP contribution in [-0.2, 0) is 16.0 Å². The van der Waals surface area contributed by atoms with E-state index in [2.05, 4.69) is 4.98 Å². The van der Waals surface area contributed by atoms with E-state index < -0.39 is 0 Å². The van der Waals surface area contributed by atoms with Crippen molar-refractivity contribution in [2.45, 2.75) is 26.7 Å². The number of H-pyrrole nitrogens is 1. The zero-order valence-corrected chi connectivity index (χ0v) is 10.3. The van der Waals surface area contributed by atoms with Gasteiger partial charge in [0.2, 0.25) is 5.91 Å². The number of aromatic nitrogens is 1. The number of piperidine rings is 1. The van der Waals surface area contributed by atoms with Crippen molar-refractivity contribution in [1.29, 1.82) is 0 Å². The summed E-state index contributed by atoms with van der Waals surface area (Å²) in [6.07, 6.45) is 2.90. The molecular weight excluding hydrogens is 216 g/mol. The van der Waals surface area contributed by atoms with Crippen LogP contribution in [0.3, 0.4) is 0 Å². The minimum absolute atomic E-state index is 0.0244. The van der Waals surface area contributed by atoms with Gasteiger partial charge in [0.1, 0.15) is 0 Å². The number of rotatable bonds is 2. The molecule has 0 bridgehead atoms.